The second-order valence-corrected chi connectivity index (χ2v) is 10.6. The van der Waals surface area contributed by atoms with E-state index in [0.717, 1.165) is 29.0 Å². The largest absolute Gasteiger partial charge is 0.493 e. The number of ether oxygens (including phenoxy) is 2. The molecule has 10 heteroatoms. The van der Waals surface area contributed by atoms with Crippen molar-refractivity contribution >= 4 is 27.5 Å². The van der Waals surface area contributed by atoms with Crippen LogP contribution in [0.4, 0.5) is 5.69 Å². The molecular weight excluding hydrogens is 494 g/mol. The van der Waals surface area contributed by atoms with Crippen LogP contribution in [0.2, 0.25) is 0 Å². The number of hydrogen-bond acceptors (Lipinski definition) is 6. The molecule has 2 aromatic rings. The molecule has 0 aromatic heterocycles. The van der Waals surface area contributed by atoms with Gasteiger partial charge in [-0.3, -0.25) is 13.9 Å². The van der Waals surface area contributed by atoms with E-state index in [4.69, 9.17) is 9.47 Å². The van der Waals surface area contributed by atoms with E-state index in [9.17, 15) is 18.0 Å². The minimum absolute atomic E-state index is 0.241. The first-order valence-electron chi connectivity index (χ1n) is 12.5. The fourth-order valence-corrected chi connectivity index (χ4v) is 4.84. The first-order valence-corrected chi connectivity index (χ1v) is 14.3. The Morgan fingerprint density at radius 1 is 1.00 bits per heavy atom. The van der Waals surface area contributed by atoms with Crippen LogP contribution in [0.15, 0.2) is 48.5 Å². The number of sulfonamides is 1. The van der Waals surface area contributed by atoms with Crippen LogP contribution in [0.25, 0.3) is 0 Å². The number of methoxy groups -OCH3 is 2. The molecule has 0 bridgehead atoms. The van der Waals surface area contributed by atoms with E-state index in [-0.39, 0.29) is 18.1 Å². The Morgan fingerprint density at radius 2 is 1.68 bits per heavy atom. The number of carbonyl (C=O) groups is 2. The average Bonchev–Trinajstić information content (AvgIpc) is 2.89. The molecule has 2 aromatic carbocycles. The van der Waals surface area contributed by atoms with Gasteiger partial charge in [-0.25, -0.2) is 8.42 Å². The summed E-state index contributed by atoms with van der Waals surface area (Å²) in [6.45, 7) is 4.21. The molecule has 0 radical (unpaired) electrons. The van der Waals surface area contributed by atoms with Crippen molar-refractivity contribution in [1.82, 2.24) is 10.2 Å². The van der Waals surface area contributed by atoms with E-state index in [2.05, 4.69) is 5.32 Å². The van der Waals surface area contributed by atoms with Crippen LogP contribution >= 0.6 is 0 Å². The Labute approximate surface area is 220 Å². The summed E-state index contributed by atoms with van der Waals surface area (Å²) in [6.07, 6.45) is 3.73. The summed E-state index contributed by atoms with van der Waals surface area (Å²) < 4.78 is 37.1. The lowest BCUT2D eigenvalue weighted by atomic mass is 10.1. The maximum absolute atomic E-state index is 13.7. The number of hydrogen-bond donors (Lipinski definition) is 1. The standard InChI is InChI=1S/C27H39N3O6S/c1-6-8-17-28-27(32)23(7-2)29(18-16-21-12-10-9-11-13-21)26(31)20-30(37(5,33)34)22-14-15-24(35-3)25(19-22)36-4/h9-15,19,23H,6-8,16-18,20H2,1-5H3,(H,28,32). The Kier molecular flexibility index (Phi) is 11.7. The Balaban J connectivity index is 2.38. The van der Waals surface area contributed by atoms with Crippen LogP contribution in [0.1, 0.15) is 38.7 Å². The maximum Gasteiger partial charge on any atom is 0.244 e. The summed E-state index contributed by atoms with van der Waals surface area (Å²) >= 11 is 0. The van der Waals surface area contributed by atoms with E-state index in [1.54, 1.807) is 12.1 Å². The molecule has 0 saturated carbocycles. The van der Waals surface area contributed by atoms with Crippen LogP contribution in [-0.2, 0) is 26.0 Å². The van der Waals surface area contributed by atoms with Gasteiger partial charge in [-0.2, -0.15) is 0 Å². The second-order valence-electron chi connectivity index (χ2n) is 8.70. The highest BCUT2D eigenvalue weighted by Gasteiger charge is 2.31. The molecule has 0 saturated heterocycles. The molecule has 0 aliphatic heterocycles. The molecule has 0 aliphatic carbocycles. The average molecular weight is 534 g/mol. The van der Waals surface area contributed by atoms with Gasteiger partial charge in [0.25, 0.3) is 0 Å². The minimum atomic E-state index is -3.84. The van der Waals surface area contributed by atoms with Crippen molar-refractivity contribution in [3.8, 4) is 11.5 Å². The number of carbonyl (C=O) groups excluding carboxylic acids is 2. The molecule has 0 fully saturated rings. The van der Waals surface area contributed by atoms with Gasteiger partial charge in [-0.05, 0) is 37.0 Å². The van der Waals surface area contributed by atoms with Crippen molar-refractivity contribution in [2.45, 2.75) is 45.6 Å². The van der Waals surface area contributed by atoms with E-state index in [0.29, 0.717) is 30.9 Å². The predicted octanol–water partition coefficient (Wildman–Crippen LogP) is 3.24. The Morgan fingerprint density at radius 3 is 2.24 bits per heavy atom. The first-order chi connectivity index (χ1) is 17.7. The quantitative estimate of drug-likeness (QED) is 0.353. The minimum Gasteiger partial charge on any atom is -0.493 e. The topological polar surface area (TPSA) is 105 Å². The summed E-state index contributed by atoms with van der Waals surface area (Å²) in [5, 5.41) is 2.92. The van der Waals surface area contributed by atoms with Crippen molar-refractivity contribution in [3.63, 3.8) is 0 Å². The lowest BCUT2D eigenvalue weighted by molar-refractivity contribution is -0.139. The fraction of sp³-hybridized carbons (Fsp3) is 0.481. The van der Waals surface area contributed by atoms with Gasteiger partial charge in [0.1, 0.15) is 12.6 Å². The molecule has 1 N–H and O–H groups in total. The Hall–Kier alpha value is -3.27. The van der Waals surface area contributed by atoms with Crippen molar-refractivity contribution in [3.05, 3.63) is 54.1 Å². The van der Waals surface area contributed by atoms with Gasteiger partial charge >= 0.3 is 0 Å². The van der Waals surface area contributed by atoms with Crippen molar-refractivity contribution < 1.29 is 27.5 Å². The van der Waals surface area contributed by atoms with Gasteiger partial charge in [0.2, 0.25) is 21.8 Å². The SMILES string of the molecule is CCCCNC(=O)C(CC)N(CCc1ccccc1)C(=O)CN(c1ccc(OC)c(OC)c1)S(C)(=O)=O. The van der Waals surface area contributed by atoms with Crippen LogP contribution in [0.3, 0.4) is 0 Å². The summed E-state index contributed by atoms with van der Waals surface area (Å²) in [7, 11) is -0.907. The first kappa shape index (κ1) is 30.0. The molecule has 2 rings (SSSR count). The highest BCUT2D eigenvalue weighted by molar-refractivity contribution is 7.92. The smallest absolute Gasteiger partial charge is 0.244 e. The van der Waals surface area contributed by atoms with E-state index < -0.39 is 28.5 Å². The fourth-order valence-electron chi connectivity index (χ4n) is 4.00. The van der Waals surface area contributed by atoms with Crippen LogP contribution in [0, 0.1) is 0 Å². The number of rotatable bonds is 15. The zero-order chi connectivity index (χ0) is 27.4. The lowest BCUT2D eigenvalue weighted by Gasteiger charge is -2.33. The molecule has 0 spiro atoms. The maximum atomic E-state index is 13.7. The molecule has 1 unspecified atom stereocenters. The summed E-state index contributed by atoms with van der Waals surface area (Å²) in [4.78, 5) is 28.2. The van der Waals surface area contributed by atoms with Gasteiger partial charge in [0.15, 0.2) is 11.5 Å². The zero-order valence-corrected chi connectivity index (χ0v) is 23.2. The van der Waals surface area contributed by atoms with Gasteiger partial charge < -0.3 is 19.7 Å². The van der Waals surface area contributed by atoms with Crippen LogP contribution in [0.5, 0.6) is 11.5 Å². The van der Waals surface area contributed by atoms with E-state index in [1.807, 2.05) is 44.2 Å². The van der Waals surface area contributed by atoms with Crippen LogP contribution in [-0.4, -0.2) is 71.3 Å². The number of benzene rings is 2. The van der Waals surface area contributed by atoms with Crippen molar-refractivity contribution in [2.75, 3.05) is 44.4 Å². The monoisotopic (exact) mass is 533 g/mol. The number of unbranched alkanes of at least 4 members (excludes halogenated alkanes) is 1. The predicted molar refractivity (Wildman–Crippen MR) is 146 cm³/mol. The molecule has 1 atom stereocenters. The molecule has 0 heterocycles. The summed E-state index contributed by atoms with van der Waals surface area (Å²) in [5.41, 5.74) is 1.28. The summed E-state index contributed by atoms with van der Waals surface area (Å²) in [6, 6.07) is 13.6. The molecular formula is C27H39N3O6S. The van der Waals surface area contributed by atoms with Crippen molar-refractivity contribution in [2.24, 2.45) is 0 Å². The zero-order valence-electron chi connectivity index (χ0n) is 22.4. The summed E-state index contributed by atoms with van der Waals surface area (Å²) in [5.74, 6) is 0.0668. The molecule has 0 aliphatic rings. The third kappa shape index (κ3) is 8.66. The second kappa shape index (κ2) is 14.5. The normalized spacial score (nSPS) is 11.9. The van der Waals surface area contributed by atoms with Gasteiger partial charge in [-0.1, -0.05) is 50.6 Å². The third-order valence-corrected chi connectivity index (χ3v) is 7.17. The van der Waals surface area contributed by atoms with E-state index >= 15 is 0 Å². The van der Waals surface area contributed by atoms with Crippen LogP contribution < -0.4 is 19.1 Å². The van der Waals surface area contributed by atoms with Gasteiger partial charge in [0, 0.05) is 19.2 Å². The third-order valence-electron chi connectivity index (χ3n) is 6.03. The molecule has 204 valence electrons. The van der Waals surface area contributed by atoms with Gasteiger partial charge in [0.05, 0.1) is 26.2 Å². The number of nitrogens with zero attached hydrogens (tertiary/aromatic N) is 2. The molecule has 9 nitrogen and oxygen atoms in total. The highest BCUT2D eigenvalue weighted by atomic mass is 32.2. The molecule has 37 heavy (non-hydrogen) atoms. The number of amides is 2. The highest BCUT2D eigenvalue weighted by Crippen LogP contribution is 2.32. The number of nitrogens with one attached hydrogen (secondary N) is 1. The number of anilines is 1. The van der Waals surface area contributed by atoms with Crippen molar-refractivity contribution in [1.29, 1.82) is 0 Å². The van der Waals surface area contributed by atoms with E-state index in [1.165, 1.54) is 25.2 Å². The lowest BCUT2D eigenvalue weighted by Crippen LogP contribution is -2.53. The molecule has 2 amide bonds. The Bertz CT molecular complexity index is 1120. The van der Waals surface area contributed by atoms with Gasteiger partial charge in [-0.15, -0.1) is 0 Å².